The number of anilines is 1. The highest BCUT2D eigenvalue weighted by atomic mass is 32.2. The lowest BCUT2D eigenvalue weighted by Crippen LogP contribution is -2.26. The number of carbonyl (C=O) groups is 1. The van der Waals surface area contributed by atoms with Gasteiger partial charge in [0.1, 0.15) is 0 Å². The summed E-state index contributed by atoms with van der Waals surface area (Å²) >= 11 is 0. The number of amides is 1. The van der Waals surface area contributed by atoms with Gasteiger partial charge in [-0.05, 0) is 54.7 Å². The molecule has 1 aliphatic carbocycles. The number of rotatable bonds is 6. The second-order valence-corrected chi connectivity index (χ2v) is 10.9. The molecule has 5 rings (SSSR count). The van der Waals surface area contributed by atoms with Crippen LogP contribution >= 0.6 is 0 Å². The Morgan fingerprint density at radius 1 is 0.971 bits per heavy atom. The van der Waals surface area contributed by atoms with Gasteiger partial charge in [-0.25, -0.2) is 13.1 Å². The van der Waals surface area contributed by atoms with E-state index in [0.29, 0.717) is 22.5 Å². The summed E-state index contributed by atoms with van der Waals surface area (Å²) in [6.07, 6.45) is 5.51. The normalized spacial score (nSPS) is 15.4. The van der Waals surface area contributed by atoms with Gasteiger partial charge in [-0.1, -0.05) is 61.4 Å². The van der Waals surface area contributed by atoms with Gasteiger partial charge in [0.2, 0.25) is 5.91 Å². The smallest absolute Gasteiger partial charge is 0.232 e. The largest absolute Gasteiger partial charge is 0.326 e. The van der Waals surface area contributed by atoms with E-state index in [0.717, 1.165) is 43.2 Å². The van der Waals surface area contributed by atoms with Crippen LogP contribution in [0.25, 0.3) is 16.6 Å². The molecule has 4 aromatic rings. The summed E-state index contributed by atoms with van der Waals surface area (Å²) in [4.78, 5) is 13.5. The molecule has 0 saturated heterocycles. The predicted molar refractivity (Wildman–Crippen MR) is 134 cm³/mol. The van der Waals surface area contributed by atoms with Crippen molar-refractivity contribution in [3.05, 3.63) is 84.4 Å². The molecule has 1 saturated carbocycles. The summed E-state index contributed by atoms with van der Waals surface area (Å²) in [5.41, 5.74) is 3.01. The van der Waals surface area contributed by atoms with Crippen LogP contribution in [0, 0.1) is 5.92 Å². The number of nitrogens with zero attached hydrogens (tertiary/aromatic N) is 2. The molecular weight excluding hydrogens is 446 g/mol. The van der Waals surface area contributed by atoms with E-state index in [2.05, 4.69) is 10.4 Å². The maximum absolute atomic E-state index is 13.5. The van der Waals surface area contributed by atoms with Crippen molar-refractivity contribution < 1.29 is 13.2 Å². The highest BCUT2D eigenvalue weighted by Gasteiger charge is 2.32. The molecular formula is C27H27N3O3S. The van der Waals surface area contributed by atoms with E-state index in [1.54, 1.807) is 10.7 Å². The molecule has 0 bridgehead atoms. The van der Waals surface area contributed by atoms with Gasteiger partial charge >= 0.3 is 0 Å². The van der Waals surface area contributed by atoms with Crippen molar-refractivity contribution in [3.8, 4) is 5.69 Å². The lowest BCUT2D eigenvalue weighted by atomic mass is 9.84. The average Bonchev–Trinajstić information content (AvgIpc) is 3.48. The Morgan fingerprint density at radius 3 is 2.26 bits per heavy atom. The standard InChI is InChI=1S/C27H27N3O3S/c1-34(32,33)27-23-18-21(16-17-24(23)30(29-27)22-14-6-3-7-15-22)28-26(31)25(20-12-8-9-13-20)19-10-4-2-5-11-19/h2-7,10-11,14-18,20,25H,8-9,12-13H2,1H3,(H,28,31). The van der Waals surface area contributed by atoms with Crippen molar-refractivity contribution in [2.75, 3.05) is 11.6 Å². The van der Waals surface area contributed by atoms with Crippen LogP contribution in [0.3, 0.4) is 0 Å². The maximum atomic E-state index is 13.5. The molecule has 1 atom stereocenters. The highest BCUT2D eigenvalue weighted by Crippen LogP contribution is 2.38. The Hall–Kier alpha value is -3.45. The van der Waals surface area contributed by atoms with E-state index >= 15 is 0 Å². The predicted octanol–water partition coefficient (Wildman–Crippen LogP) is 5.34. The molecule has 3 aromatic carbocycles. The van der Waals surface area contributed by atoms with E-state index in [1.807, 2.05) is 72.8 Å². The number of benzene rings is 3. The van der Waals surface area contributed by atoms with Gasteiger partial charge in [0.05, 0.1) is 17.1 Å². The lowest BCUT2D eigenvalue weighted by Gasteiger charge is -2.23. The number of hydrogen-bond donors (Lipinski definition) is 1. The van der Waals surface area contributed by atoms with Gasteiger partial charge in [-0.3, -0.25) is 4.79 Å². The zero-order valence-electron chi connectivity index (χ0n) is 19.0. The third-order valence-corrected chi connectivity index (χ3v) is 7.58. The summed E-state index contributed by atoms with van der Waals surface area (Å²) in [6.45, 7) is 0. The minimum absolute atomic E-state index is 0.00199. The van der Waals surface area contributed by atoms with E-state index in [-0.39, 0.29) is 16.9 Å². The van der Waals surface area contributed by atoms with Crippen molar-refractivity contribution in [2.45, 2.75) is 36.6 Å². The molecule has 0 spiro atoms. The molecule has 1 aromatic heterocycles. The monoisotopic (exact) mass is 473 g/mol. The highest BCUT2D eigenvalue weighted by molar-refractivity contribution is 7.90. The van der Waals surface area contributed by atoms with Crippen LogP contribution in [0.5, 0.6) is 0 Å². The molecule has 1 fully saturated rings. The quantitative estimate of drug-likeness (QED) is 0.410. The van der Waals surface area contributed by atoms with Crippen molar-refractivity contribution in [3.63, 3.8) is 0 Å². The third-order valence-electron chi connectivity index (χ3n) is 6.58. The fourth-order valence-electron chi connectivity index (χ4n) is 5.02. The number of fused-ring (bicyclic) bond motifs is 1. The summed E-state index contributed by atoms with van der Waals surface area (Å²) in [6, 6.07) is 24.7. The van der Waals surface area contributed by atoms with Crippen molar-refractivity contribution in [2.24, 2.45) is 5.92 Å². The first kappa shape index (κ1) is 22.3. The van der Waals surface area contributed by atoms with Gasteiger partial charge in [0.25, 0.3) is 0 Å². The van der Waals surface area contributed by atoms with Gasteiger partial charge in [0.15, 0.2) is 14.9 Å². The fraction of sp³-hybridized carbons (Fsp3) is 0.259. The molecule has 0 radical (unpaired) electrons. The number of para-hydroxylation sites is 1. The van der Waals surface area contributed by atoms with E-state index in [9.17, 15) is 13.2 Å². The molecule has 1 unspecified atom stereocenters. The molecule has 1 amide bonds. The van der Waals surface area contributed by atoms with E-state index in [1.165, 1.54) is 0 Å². The van der Waals surface area contributed by atoms with Crippen LogP contribution in [0.1, 0.15) is 37.2 Å². The average molecular weight is 474 g/mol. The van der Waals surface area contributed by atoms with Crippen LogP contribution in [0.2, 0.25) is 0 Å². The van der Waals surface area contributed by atoms with Gasteiger partial charge < -0.3 is 5.32 Å². The third kappa shape index (κ3) is 4.35. The Labute approximate surface area is 199 Å². The first-order valence-corrected chi connectivity index (χ1v) is 13.4. The van der Waals surface area contributed by atoms with Crippen molar-refractivity contribution in [1.82, 2.24) is 9.78 Å². The molecule has 1 N–H and O–H groups in total. The van der Waals surface area contributed by atoms with Crippen molar-refractivity contribution in [1.29, 1.82) is 0 Å². The Balaban J connectivity index is 1.53. The summed E-state index contributed by atoms with van der Waals surface area (Å²) in [5.74, 6) is 0.00756. The lowest BCUT2D eigenvalue weighted by molar-refractivity contribution is -0.118. The fourth-order valence-corrected chi connectivity index (χ4v) is 5.81. The second-order valence-electron chi connectivity index (χ2n) is 8.98. The summed E-state index contributed by atoms with van der Waals surface area (Å²) in [7, 11) is -3.58. The maximum Gasteiger partial charge on any atom is 0.232 e. The van der Waals surface area contributed by atoms with E-state index in [4.69, 9.17) is 0 Å². The van der Waals surface area contributed by atoms with Gasteiger partial charge in [-0.15, -0.1) is 0 Å². The van der Waals surface area contributed by atoms with Crippen LogP contribution in [-0.4, -0.2) is 30.4 Å². The molecule has 1 aliphatic rings. The Morgan fingerprint density at radius 2 is 1.62 bits per heavy atom. The number of aromatic nitrogens is 2. The van der Waals surface area contributed by atoms with Crippen LogP contribution in [0.15, 0.2) is 83.9 Å². The number of hydrogen-bond acceptors (Lipinski definition) is 4. The van der Waals surface area contributed by atoms with Crippen molar-refractivity contribution >= 4 is 32.3 Å². The molecule has 0 aliphatic heterocycles. The minimum atomic E-state index is -3.58. The van der Waals surface area contributed by atoms with E-state index < -0.39 is 9.84 Å². The van der Waals surface area contributed by atoms with Crippen LogP contribution in [0.4, 0.5) is 5.69 Å². The van der Waals surface area contributed by atoms with Gasteiger partial charge in [-0.2, -0.15) is 5.10 Å². The molecule has 174 valence electrons. The molecule has 6 nitrogen and oxygen atoms in total. The topological polar surface area (TPSA) is 81.1 Å². The second kappa shape index (κ2) is 9.06. The Bertz CT molecular complexity index is 1420. The first-order chi connectivity index (χ1) is 16.4. The SMILES string of the molecule is CS(=O)(=O)c1nn(-c2ccccc2)c2ccc(NC(=O)C(c3ccccc3)C3CCCC3)cc12. The minimum Gasteiger partial charge on any atom is -0.326 e. The number of carbonyl (C=O) groups excluding carboxylic acids is 1. The van der Waals surface area contributed by atoms with Crippen LogP contribution in [-0.2, 0) is 14.6 Å². The number of sulfone groups is 1. The zero-order valence-corrected chi connectivity index (χ0v) is 19.8. The summed E-state index contributed by atoms with van der Waals surface area (Å²) in [5, 5.41) is 7.96. The Kier molecular flexibility index (Phi) is 5.96. The van der Waals surface area contributed by atoms with Gasteiger partial charge in [0, 0.05) is 17.3 Å². The first-order valence-electron chi connectivity index (χ1n) is 11.6. The molecule has 1 heterocycles. The van der Waals surface area contributed by atoms with Crippen LogP contribution < -0.4 is 5.32 Å². The number of nitrogens with one attached hydrogen (secondary N) is 1. The molecule has 34 heavy (non-hydrogen) atoms. The summed E-state index contributed by atoms with van der Waals surface area (Å²) < 4.78 is 26.7. The molecule has 7 heteroatoms. The zero-order chi connectivity index (χ0) is 23.7.